The molecule has 1 aromatic carbocycles. The minimum Gasteiger partial charge on any atom is -0.298 e. The van der Waals surface area contributed by atoms with E-state index in [0.717, 1.165) is 0 Å². The molecule has 2 nitrogen and oxygen atoms in total. The number of aldehydes is 1. The van der Waals surface area contributed by atoms with Crippen molar-refractivity contribution in [2.45, 2.75) is 6.92 Å². The van der Waals surface area contributed by atoms with E-state index in [0.29, 0.717) is 26.9 Å². The maximum atomic E-state index is 11.2. The van der Waals surface area contributed by atoms with Crippen LogP contribution >= 0.6 is 27.5 Å². The molecule has 0 aliphatic rings. The van der Waals surface area contributed by atoms with E-state index in [1.807, 2.05) is 0 Å². The van der Waals surface area contributed by atoms with Crippen LogP contribution in [0, 0.1) is 0 Å². The summed E-state index contributed by atoms with van der Waals surface area (Å²) >= 11 is 8.93. The van der Waals surface area contributed by atoms with E-state index in [2.05, 4.69) is 15.9 Å². The summed E-state index contributed by atoms with van der Waals surface area (Å²) < 4.78 is 0.478. The number of ketones is 1. The van der Waals surface area contributed by atoms with Gasteiger partial charge in [-0.2, -0.15) is 0 Å². The quantitative estimate of drug-likeness (QED) is 0.605. The van der Waals surface area contributed by atoms with Crippen LogP contribution in [-0.4, -0.2) is 12.1 Å². The molecule has 0 bridgehead atoms. The van der Waals surface area contributed by atoms with Gasteiger partial charge in [0.2, 0.25) is 0 Å². The Bertz CT molecular complexity index is 374. The smallest absolute Gasteiger partial charge is 0.161 e. The molecule has 13 heavy (non-hydrogen) atoms. The Morgan fingerprint density at radius 1 is 1.54 bits per heavy atom. The van der Waals surface area contributed by atoms with Gasteiger partial charge in [0, 0.05) is 15.6 Å². The maximum absolute atomic E-state index is 11.2. The van der Waals surface area contributed by atoms with E-state index in [-0.39, 0.29) is 5.78 Å². The Morgan fingerprint density at radius 3 is 2.62 bits per heavy atom. The van der Waals surface area contributed by atoms with Gasteiger partial charge in [0.05, 0.1) is 5.02 Å². The van der Waals surface area contributed by atoms with Crippen molar-refractivity contribution in [2.75, 3.05) is 0 Å². The summed E-state index contributed by atoms with van der Waals surface area (Å²) in [6, 6.07) is 3.10. The van der Waals surface area contributed by atoms with Crippen LogP contribution in [-0.2, 0) is 0 Å². The molecular formula is C9H6BrClO2. The van der Waals surface area contributed by atoms with Crippen LogP contribution in [0.2, 0.25) is 5.02 Å². The summed E-state index contributed by atoms with van der Waals surface area (Å²) in [5, 5.41) is 0.427. The normalized spacial score (nSPS) is 9.77. The minimum absolute atomic E-state index is 0.184. The average Bonchev–Trinajstić information content (AvgIpc) is 2.08. The lowest BCUT2D eigenvalue weighted by atomic mass is 10.1. The summed E-state index contributed by atoms with van der Waals surface area (Å²) in [6.07, 6.45) is 0.637. The molecule has 0 spiro atoms. The zero-order chi connectivity index (χ0) is 10.0. The molecule has 0 unspecified atom stereocenters. The second-order valence-corrected chi connectivity index (χ2v) is 3.70. The average molecular weight is 262 g/mol. The molecule has 0 fully saturated rings. The highest BCUT2D eigenvalue weighted by Crippen LogP contribution is 2.28. The molecule has 0 saturated heterocycles. The van der Waals surface area contributed by atoms with Crippen molar-refractivity contribution in [1.82, 2.24) is 0 Å². The third-order valence-electron chi connectivity index (χ3n) is 1.61. The van der Waals surface area contributed by atoms with Gasteiger partial charge in [-0.1, -0.05) is 11.6 Å². The van der Waals surface area contributed by atoms with Gasteiger partial charge in [-0.05, 0) is 35.0 Å². The van der Waals surface area contributed by atoms with Gasteiger partial charge in [0.1, 0.15) is 0 Å². The molecule has 68 valence electrons. The molecule has 4 heteroatoms. The van der Waals surface area contributed by atoms with Crippen molar-refractivity contribution < 1.29 is 9.59 Å². The largest absolute Gasteiger partial charge is 0.298 e. The Balaban J connectivity index is 3.50. The molecule has 0 atom stereocenters. The summed E-state index contributed by atoms with van der Waals surface area (Å²) in [5.41, 5.74) is 0.686. The molecule has 0 saturated carbocycles. The van der Waals surface area contributed by atoms with Crippen LogP contribution in [0.15, 0.2) is 16.6 Å². The topological polar surface area (TPSA) is 34.1 Å². The molecule has 1 aromatic rings. The fourth-order valence-electron chi connectivity index (χ4n) is 1.02. The van der Waals surface area contributed by atoms with Crippen molar-refractivity contribution >= 4 is 39.6 Å². The van der Waals surface area contributed by atoms with Gasteiger partial charge in [-0.15, -0.1) is 0 Å². The van der Waals surface area contributed by atoms with Gasteiger partial charge in [-0.3, -0.25) is 9.59 Å². The van der Waals surface area contributed by atoms with Crippen LogP contribution in [0.1, 0.15) is 27.6 Å². The van der Waals surface area contributed by atoms with Crippen molar-refractivity contribution in [1.29, 1.82) is 0 Å². The van der Waals surface area contributed by atoms with Gasteiger partial charge < -0.3 is 0 Å². The second-order valence-electron chi connectivity index (χ2n) is 2.50. The lowest BCUT2D eigenvalue weighted by Gasteiger charge is -2.04. The summed E-state index contributed by atoms with van der Waals surface area (Å²) in [6.45, 7) is 1.39. The molecule has 0 amide bonds. The highest BCUT2D eigenvalue weighted by Gasteiger charge is 2.13. The standard InChI is InChI=1S/C9H6BrClO2/c1-5(13)8-6(4-12)2-3-7(11)9(8)10/h2-4H,1H3. The van der Waals surface area contributed by atoms with Crippen LogP contribution in [0.5, 0.6) is 0 Å². The van der Waals surface area contributed by atoms with Gasteiger partial charge in [-0.25, -0.2) is 0 Å². The number of Topliss-reactive ketones (excluding diaryl/α,β-unsaturated/α-hetero) is 1. The first-order chi connectivity index (χ1) is 6.07. The fourth-order valence-corrected chi connectivity index (χ4v) is 1.82. The number of benzene rings is 1. The van der Waals surface area contributed by atoms with Crippen LogP contribution < -0.4 is 0 Å². The molecule has 0 aliphatic carbocycles. The highest BCUT2D eigenvalue weighted by atomic mass is 79.9. The summed E-state index contributed by atoms with van der Waals surface area (Å²) in [7, 11) is 0. The Morgan fingerprint density at radius 2 is 2.15 bits per heavy atom. The Labute approximate surface area is 89.0 Å². The third-order valence-corrected chi connectivity index (χ3v) is 2.97. The number of carbonyl (C=O) groups excluding carboxylic acids is 2. The molecule has 0 aromatic heterocycles. The van der Waals surface area contributed by atoms with E-state index in [9.17, 15) is 9.59 Å². The summed E-state index contributed by atoms with van der Waals surface area (Å²) in [4.78, 5) is 21.7. The lowest BCUT2D eigenvalue weighted by Crippen LogP contribution is -2.00. The van der Waals surface area contributed by atoms with Gasteiger partial charge in [0.25, 0.3) is 0 Å². The fraction of sp³-hybridized carbons (Fsp3) is 0.111. The van der Waals surface area contributed by atoms with Crippen LogP contribution in [0.3, 0.4) is 0 Å². The van der Waals surface area contributed by atoms with E-state index >= 15 is 0 Å². The van der Waals surface area contributed by atoms with Crippen LogP contribution in [0.25, 0.3) is 0 Å². The minimum atomic E-state index is -0.184. The molecule has 0 aliphatic heterocycles. The highest BCUT2D eigenvalue weighted by molar-refractivity contribution is 9.10. The first-order valence-electron chi connectivity index (χ1n) is 3.52. The Kier molecular flexibility index (Phi) is 3.22. The molecular weight excluding hydrogens is 255 g/mol. The van der Waals surface area contributed by atoms with E-state index in [4.69, 9.17) is 11.6 Å². The van der Waals surface area contributed by atoms with Crippen molar-refractivity contribution in [2.24, 2.45) is 0 Å². The predicted octanol–water partition coefficient (Wildman–Crippen LogP) is 3.12. The molecule has 0 radical (unpaired) electrons. The predicted molar refractivity (Wildman–Crippen MR) is 54.5 cm³/mol. The van der Waals surface area contributed by atoms with Crippen molar-refractivity contribution in [3.05, 3.63) is 32.8 Å². The van der Waals surface area contributed by atoms with Gasteiger partial charge >= 0.3 is 0 Å². The molecule has 0 heterocycles. The maximum Gasteiger partial charge on any atom is 0.161 e. The number of hydrogen-bond donors (Lipinski definition) is 0. The van der Waals surface area contributed by atoms with Crippen LogP contribution in [0.4, 0.5) is 0 Å². The first-order valence-corrected chi connectivity index (χ1v) is 4.69. The zero-order valence-corrected chi connectivity index (χ0v) is 9.15. The Hall–Kier alpha value is -0.670. The third kappa shape index (κ3) is 1.98. The van der Waals surface area contributed by atoms with E-state index in [1.165, 1.54) is 13.0 Å². The second kappa shape index (κ2) is 4.03. The summed E-state index contributed by atoms with van der Waals surface area (Å²) in [5.74, 6) is -0.184. The van der Waals surface area contributed by atoms with E-state index < -0.39 is 0 Å². The number of hydrogen-bond acceptors (Lipinski definition) is 2. The first kappa shape index (κ1) is 10.4. The monoisotopic (exact) mass is 260 g/mol. The lowest BCUT2D eigenvalue weighted by molar-refractivity contribution is 0.100. The number of halogens is 2. The van der Waals surface area contributed by atoms with E-state index in [1.54, 1.807) is 6.07 Å². The number of carbonyl (C=O) groups is 2. The molecule has 1 rings (SSSR count). The zero-order valence-electron chi connectivity index (χ0n) is 6.80. The molecule has 0 N–H and O–H groups in total. The van der Waals surface area contributed by atoms with Crippen molar-refractivity contribution in [3.8, 4) is 0 Å². The number of rotatable bonds is 2. The van der Waals surface area contributed by atoms with Crippen molar-refractivity contribution in [3.63, 3.8) is 0 Å². The SMILES string of the molecule is CC(=O)c1c(C=O)ccc(Cl)c1Br. The van der Waals surface area contributed by atoms with Gasteiger partial charge in [0.15, 0.2) is 12.1 Å².